The second-order valence-corrected chi connectivity index (χ2v) is 14.3. The van der Waals surface area contributed by atoms with Crippen LogP contribution in [-0.2, 0) is 28.6 Å². The molecule has 0 radical (unpaired) electrons. The lowest BCUT2D eigenvalue weighted by molar-refractivity contribution is -0.167. The number of unbranched alkanes of at least 4 members (excludes halogenated alkanes) is 23. The summed E-state index contributed by atoms with van der Waals surface area (Å²) < 4.78 is 16.5. The molecule has 0 spiro atoms. The average Bonchev–Trinajstić information content (AvgIpc) is 3.11. The number of rotatable bonds is 38. The third-order valence-corrected chi connectivity index (χ3v) is 9.18. The van der Waals surface area contributed by atoms with Gasteiger partial charge in [-0.05, 0) is 70.6 Å². The van der Waals surface area contributed by atoms with Gasteiger partial charge in [0.1, 0.15) is 13.2 Å². The Labute approximate surface area is 309 Å². The highest BCUT2D eigenvalue weighted by atomic mass is 16.6. The fourth-order valence-electron chi connectivity index (χ4n) is 5.90. The molecule has 0 saturated carbocycles. The molecule has 0 amide bonds. The van der Waals surface area contributed by atoms with E-state index in [1.807, 2.05) is 0 Å². The third kappa shape index (κ3) is 37.2. The molecule has 0 aromatic heterocycles. The van der Waals surface area contributed by atoms with E-state index in [4.69, 9.17) is 14.2 Å². The van der Waals surface area contributed by atoms with Crippen molar-refractivity contribution in [2.75, 3.05) is 13.2 Å². The van der Waals surface area contributed by atoms with E-state index in [0.717, 1.165) is 83.5 Å². The molecule has 0 fully saturated rings. The zero-order valence-corrected chi connectivity index (χ0v) is 33.2. The lowest BCUT2D eigenvalue weighted by atomic mass is 10.1. The van der Waals surface area contributed by atoms with Crippen LogP contribution < -0.4 is 0 Å². The van der Waals surface area contributed by atoms with Crippen molar-refractivity contribution >= 4 is 17.9 Å². The molecule has 0 saturated heterocycles. The lowest BCUT2D eigenvalue weighted by Crippen LogP contribution is -2.30. The fourth-order valence-corrected chi connectivity index (χ4v) is 5.90. The molecule has 0 aromatic carbocycles. The first-order chi connectivity index (χ1) is 24.5. The number of carbonyl (C=O) groups is 3. The van der Waals surface area contributed by atoms with E-state index < -0.39 is 6.10 Å². The first-order valence-corrected chi connectivity index (χ1v) is 21.3. The predicted octanol–water partition coefficient (Wildman–Crippen LogP) is 13.2. The minimum absolute atomic E-state index is 0.0772. The standard InChI is InChI=1S/C44H80O6/c1-4-7-10-13-15-17-19-21-22-23-25-26-28-31-34-37-43(46)49-40-41(39-48-42(45)36-33-30-12-9-6-3)50-44(47)38-35-32-29-27-24-20-18-16-14-11-8-5-2/h16,18,21-22,41H,4-15,17,19-20,23-40H2,1-3H3/b18-16-,22-21-. The summed E-state index contributed by atoms with van der Waals surface area (Å²) in [7, 11) is 0. The molecular formula is C44H80O6. The van der Waals surface area contributed by atoms with Gasteiger partial charge < -0.3 is 14.2 Å². The van der Waals surface area contributed by atoms with E-state index in [-0.39, 0.29) is 31.1 Å². The second kappa shape index (κ2) is 39.7. The van der Waals surface area contributed by atoms with Gasteiger partial charge in [-0.15, -0.1) is 0 Å². The number of carbonyl (C=O) groups excluding carboxylic acids is 3. The summed E-state index contributed by atoms with van der Waals surface area (Å²) >= 11 is 0. The number of ether oxygens (including phenoxy) is 3. The number of hydrogen-bond donors (Lipinski definition) is 0. The third-order valence-electron chi connectivity index (χ3n) is 9.18. The number of esters is 3. The molecule has 6 heteroatoms. The van der Waals surface area contributed by atoms with Crippen molar-refractivity contribution in [1.29, 1.82) is 0 Å². The van der Waals surface area contributed by atoms with Gasteiger partial charge >= 0.3 is 17.9 Å². The van der Waals surface area contributed by atoms with Crippen LogP contribution in [0.5, 0.6) is 0 Å². The minimum atomic E-state index is -0.770. The van der Waals surface area contributed by atoms with E-state index in [0.29, 0.717) is 19.3 Å². The van der Waals surface area contributed by atoms with Gasteiger partial charge in [-0.2, -0.15) is 0 Å². The number of allylic oxidation sites excluding steroid dienone is 4. The molecular weight excluding hydrogens is 624 g/mol. The molecule has 0 aromatic rings. The Bertz CT molecular complexity index is 819. The average molecular weight is 705 g/mol. The Kier molecular flexibility index (Phi) is 38.0. The largest absolute Gasteiger partial charge is 0.462 e. The van der Waals surface area contributed by atoms with Gasteiger partial charge in [0, 0.05) is 19.3 Å². The molecule has 0 aliphatic carbocycles. The molecule has 0 N–H and O–H groups in total. The summed E-state index contributed by atoms with van der Waals surface area (Å²) in [6.45, 7) is 6.50. The van der Waals surface area contributed by atoms with Gasteiger partial charge in [-0.25, -0.2) is 0 Å². The van der Waals surface area contributed by atoms with Crippen LogP contribution in [0, 0.1) is 0 Å². The quantitative estimate of drug-likeness (QED) is 0.0275. The summed E-state index contributed by atoms with van der Waals surface area (Å²) in [5.74, 6) is -0.909. The molecule has 1 unspecified atom stereocenters. The van der Waals surface area contributed by atoms with Gasteiger partial charge in [-0.1, -0.05) is 154 Å². The summed E-state index contributed by atoms with van der Waals surface area (Å²) in [5.41, 5.74) is 0. The molecule has 0 heterocycles. The molecule has 0 aliphatic heterocycles. The van der Waals surface area contributed by atoms with Crippen molar-refractivity contribution in [2.45, 2.75) is 226 Å². The van der Waals surface area contributed by atoms with Crippen LogP contribution in [0.3, 0.4) is 0 Å². The minimum Gasteiger partial charge on any atom is -0.462 e. The van der Waals surface area contributed by atoms with Gasteiger partial charge in [0.25, 0.3) is 0 Å². The normalized spacial score (nSPS) is 12.1. The molecule has 0 aliphatic rings. The predicted molar refractivity (Wildman–Crippen MR) is 210 cm³/mol. The van der Waals surface area contributed by atoms with E-state index >= 15 is 0 Å². The van der Waals surface area contributed by atoms with Crippen LogP contribution >= 0.6 is 0 Å². The maximum absolute atomic E-state index is 12.6. The highest BCUT2D eigenvalue weighted by Gasteiger charge is 2.19. The molecule has 1 atom stereocenters. The summed E-state index contributed by atoms with van der Waals surface area (Å²) in [6.07, 6.45) is 41.9. The van der Waals surface area contributed by atoms with Crippen molar-refractivity contribution in [3.05, 3.63) is 24.3 Å². The van der Waals surface area contributed by atoms with Crippen LogP contribution in [0.1, 0.15) is 220 Å². The smallest absolute Gasteiger partial charge is 0.306 e. The first kappa shape index (κ1) is 47.9. The van der Waals surface area contributed by atoms with Crippen molar-refractivity contribution in [2.24, 2.45) is 0 Å². The van der Waals surface area contributed by atoms with E-state index in [1.54, 1.807) is 0 Å². The zero-order valence-electron chi connectivity index (χ0n) is 33.2. The lowest BCUT2D eigenvalue weighted by Gasteiger charge is -2.18. The Hall–Kier alpha value is -2.11. The van der Waals surface area contributed by atoms with E-state index in [2.05, 4.69) is 45.1 Å². The van der Waals surface area contributed by atoms with Gasteiger partial charge in [0.2, 0.25) is 0 Å². The summed E-state index contributed by atoms with van der Waals surface area (Å²) in [6, 6.07) is 0. The fraction of sp³-hybridized carbons (Fsp3) is 0.841. The van der Waals surface area contributed by atoms with Gasteiger partial charge in [0.05, 0.1) is 0 Å². The highest BCUT2D eigenvalue weighted by molar-refractivity contribution is 5.71. The topological polar surface area (TPSA) is 78.9 Å². The Balaban J connectivity index is 4.26. The van der Waals surface area contributed by atoms with Crippen LogP contribution in [0.4, 0.5) is 0 Å². The van der Waals surface area contributed by atoms with Crippen LogP contribution in [0.15, 0.2) is 24.3 Å². The Morgan fingerprint density at radius 3 is 1.04 bits per heavy atom. The molecule has 50 heavy (non-hydrogen) atoms. The van der Waals surface area contributed by atoms with Crippen molar-refractivity contribution in [3.63, 3.8) is 0 Å². The molecule has 0 rings (SSSR count). The first-order valence-electron chi connectivity index (χ1n) is 21.3. The Morgan fingerprint density at radius 2 is 0.660 bits per heavy atom. The van der Waals surface area contributed by atoms with E-state index in [1.165, 1.54) is 96.3 Å². The molecule has 292 valence electrons. The zero-order chi connectivity index (χ0) is 36.6. The Morgan fingerprint density at radius 1 is 0.380 bits per heavy atom. The van der Waals surface area contributed by atoms with Gasteiger partial charge in [-0.3, -0.25) is 14.4 Å². The summed E-state index contributed by atoms with van der Waals surface area (Å²) in [5, 5.41) is 0. The van der Waals surface area contributed by atoms with Crippen LogP contribution in [0.25, 0.3) is 0 Å². The maximum Gasteiger partial charge on any atom is 0.306 e. The second-order valence-electron chi connectivity index (χ2n) is 14.3. The highest BCUT2D eigenvalue weighted by Crippen LogP contribution is 2.13. The van der Waals surface area contributed by atoms with Crippen molar-refractivity contribution in [3.8, 4) is 0 Å². The van der Waals surface area contributed by atoms with Crippen molar-refractivity contribution in [1.82, 2.24) is 0 Å². The monoisotopic (exact) mass is 705 g/mol. The molecule has 0 bridgehead atoms. The van der Waals surface area contributed by atoms with Crippen LogP contribution in [-0.4, -0.2) is 37.2 Å². The molecule has 6 nitrogen and oxygen atoms in total. The van der Waals surface area contributed by atoms with Crippen molar-refractivity contribution < 1.29 is 28.6 Å². The van der Waals surface area contributed by atoms with Crippen LogP contribution in [0.2, 0.25) is 0 Å². The number of hydrogen-bond acceptors (Lipinski definition) is 6. The van der Waals surface area contributed by atoms with E-state index in [9.17, 15) is 14.4 Å². The van der Waals surface area contributed by atoms with Gasteiger partial charge in [0.15, 0.2) is 6.10 Å². The summed E-state index contributed by atoms with van der Waals surface area (Å²) in [4.78, 5) is 37.3. The SMILES string of the molecule is CCCCC/C=C\CCCCCCCC(=O)OC(COC(=O)CCCCCCC)COC(=O)CCCCCCC/C=C\CCCCCCCC. The maximum atomic E-state index is 12.6.